The molecular weight excluding hydrogens is 403 g/mol. The monoisotopic (exact) mass is 422 g/mol. The van der Waals surface area contributed by atoms with Gasteiger partial charge in [-0.1, -0.05) is 61.0 Å². The van der Waals surface area contributed by atoms with Crippen LogP contribution in [0.1, 0.15) is 35.6 Å². The van der Waals surface area contributed by atoms with E-state index in [1.54, 1.807) is 18.2 Å². The normalized spacial score (nSPS) is 12.1. The van der Waals surface area contributed by atoms with Crippen molar-refractivity contribution in [2.45, 2.75) is 13.3 Å². The number of hydrogen-bond donors (Lipinski definition) is 2. The Bertz CT molecular complexity index is 1110. The molecule has 0 radical (unpaired) electrons. The molecule has 30 heavy (non-hydrogen) atoms. The van der Waals surface area contributed by atoms with Gasteiger partial charge in [0.05, 0.1) is 5.02 Å². The lowest BCUT2D eigenvalue weighted by atomic mass is 9.88. The first-order valence-electron chi connectivity index (χ1n) is 9.38. The van der Waals surface area contributed by atoms with Crippen molar-refractivity contribution in [2.75, 3.05) is 0 Å². The van der Waals surface area contributed by atoms with Crippen molar-refractivity contribution in [2.24, 2.45) is 0 Å². The van der Waals surface area contributed by atoms with Crippen LogP contribution in [-0.2, 0) is 4.79 Å². The van der Waals surface area contributed by atoms with Gasteiger partial charge in [0.25, 0.3) is 0 Å². The summed E-state index contributed by atoms with van der Waals surface area (Å²) in [5.74, 6) is -1.26. The molecule has 0 aliphatic rings. The number of aromatic hydroxyl groups is 1. The Morgan fingerprint density at radius 3 is 2.13 bits per heavy atom. The summed E-state index contributed by atoms with van der Waals surface area (Å²) in [6, 6.07) is 18.6. The van der Waals surface area contributed by atoms with Crippen LogP contribution in [0.3, 0.4) is 0 Å². The van der Waals surface area contributed by atoms with Crippen molar-refractivity contribution in [1.82, 2.24) is 0 Å². The van der Waals surface area contributed by atoms with E-state index in [0.29, 0.717) is 11.4 Å². The van der Waals surface area contributed by atoms with Crippen LogP contribution in [0.5, 0.6) is 5.75 Å². The Balaban J connectivity index is 2.21. The molecule has 0 unspecified atom stereocenters. The second-order valence-electron chi connectivity index (χ2n) is 6.67. The minimum atomic E-state index is -1.01. The first kappa shape index (κ1) is 21.3. The fraction of sp³-hybridized carbons (Fsp3) is 0.0800. The van der Waals surface area contributed by atoms with Gasteiger partial charge in [0, 0.05) is 6.08 Å². The summed E-state index contributed by atoms with van der Waals surface area (Å²) in [5.41, 5.74) is 5.09. The quantitative estimate of drug-likeness (QED) is 0.345. The van der Waals surface area contributed by atoms with Gasteiger partial charge in [-0.25, -0.2) is 9.18 Å². The van der Waals surface area contributed by atoms with Gasteiger partial charge in [-0.15, -0.1) is 0 Å². The molecule has 3 rings (SSSR count). The zero-order valence-electron chi connectivity index (χ0n) is 16.3. The highest BCUT2D eigenvalue weighted by molar-refractivity contribution is 6.32. The first-order chi connectivity index (χ1) is 14.4. The van der Waals surface area contributed by atoms with Crippen molar-refractivity contribution in [3.8, 4) is 5.75 Å². The van der Waals surface area contributed by atoms with E-state index in [0.717, 1.165) is 39.5 Å². The number of carboxylic acids is 1. The maximum atomic E-state index is 13.6. The van der Waals surface area contributed by atoms with Crippen LogP contribution in [-0.4, -0.2) is 16.2 Å². The Morgan fingerprint density at radius 1 is 1.00 bits per heavy atom. The number of carboxylic acid groups (broad SMARTS) is 1. The molecule has 0 aliphatic heterocycles. The van der Waals surface area contributed by atoms with Crippen LogP contribution in [0.25, 0.3) is 17.2 Å². The third-order valence-electron chi connectivity index (χ3n) is 4.69. The van der Waals surface area contributed by atoms with Crippen LogP contribution in [0.15, 0.2) is 72.8 Å². The number of allylic oxidation sites excluding steroid dienone is 1. The summed E-state index contributed by atoms with van der Waals surface area (Å²) in [6.07, 6.45) is 3.25. The minimum absolute atomic E-state index is 0.158. The predicted octanol–water partition coefficient (Wildman–Crippen LogP) is 6.65. The van der Waals surface area contributed by atoms with Crippen molar-refractivity contribution >= 4 is 34.8 Å². The number of benzene rings is 3. The number of carbonyl (C=O) groups is 1. The molecule has 0 heterocycles. The standard InChI is InChI=1S/C25H20ClFO3/c1-2-21(22-13-10-19(27)15-23(22)26)25(18-8-11-20(28)12-9-18)17-6-3-16(4-7-17)5-14-24(29)30/h3-15,28H,2H2,1H3,(H,29,30)/b14-5+,25-21+. The van der Waals surface area contributed by atoms with Gasteiger partial charge in [0.2, 0.25) is 0 Å². The average Bonchev–Trinajstić information content (AvgIpc) is 2.72. The topological polar surface area (TPSA) is 57.5 Å². The van der Waals surface area contributed by atoms with Crippen LogP contribution in [0, 0.1) is 5.82 Å². The molecule has 2 N–H and O–H groups in total. The number of halogens is 2. The zero-order valence-corrected chi connectivity index (χ0v) is 17.0. The molecule has 152 valence electrons. The van der Waals surface area contributed by atoms with E-state index in [4.69, 9.17) is 16.7 Å². The maximum Gasteiger partial charge on any atom is 0.328 e. The Hall–Kier alpha value is -3.37. The van der Waals surface area contributed by atoms with E-state index < -0.39 is 11.8 Å². The molecule has 0 spiro atoms. The molecule has 0 fully saturated rings. The highest BCUT2D eigenvalue weighted by Crippen LogP contribution is 2.37. The SMILES string of the molecule is CC/C(=C(\c1ccc(O)cc1)c1ccc(/C=C/C(=O)O)cc1)c1ccc(F)cc1Cl. The molecule has 0 bridgehead atoms. The highest BCUT2D eigenvalue weighted by atomic mass is 35.5. The van der Waals surface area contributed by atoms with E-state index in [9.17, 15) is 14.3 Å². The molecule has 3 aromatic carbocycles. The first-order valence-corrected chi connectivity index (χ1v) is 9.76. The molecule has 0 saturated carbocycles. The van der Waals surface area contributed by atoms with Gasteiger partial charge >= 0.3 is 5.97 Å². The third-order valence-corrected chi connectivity index (χ3v) is 5.00. The molecule has 5 heteroatoms. The molecule has 0 aliphatic carbocycles. The van der Waals surface area contributed by atoms with Gasteiger partial charge in [-0.05, 0) is 70.2 Å². The molecule has 0 amide bonds. The van der Waals surface area contributed by atoms with E-state index in [2.05, 4.69) is 0 Å². The van der Waals surface area contributed by atoms with Crippen LogP contribution in [0.4, 0.5) is 4.39 Å². The second kappa shape index (κ2) is 9.42. The average molecular weight is 423 g/mol. The summed E-state index contributed by atoms with van der Waals surface area (Å²) < 4.78 is 13.6. The number of rotatable bonds is 6. The fourth-order valence-corrected chi connectivity index (χ4v) is 3.59. The van der Waals surface area contributed by atoms with E-state index >= 15 is 0 Å². The zero-order chi connectivity index (χ0) is 21.7. The Labute approximate surface area is 179 Å². The van der Waals surface area contributed by atoms with Gasteiger partial charge in [0.15, 0.2) is 0 Å². The van der Waals surface area contributed by atoms with Crippen molar-refractivity contribution in [3.63, 3.8) is 0 Å². The Morgan fingerprint density at radius 2 is 1.60 bits per heavy atom. The largest absolute Gasteiger partial charge is 0.508 e. The van der Waals surface area contributed by atoms with E-state index in [-0.39, 0.29) is 5.75 Å². The summed E-state index contributed by atoms with van der Waals surface area (Å²) >= 11 is 6.36. The van der Waals surface area contributed by atoms with E-state index in [1.165, 1.54) is 18.2 Å². The molecule has 0 atom stereocenters. The molecule has 0 saturated heterocycles. The van der Waals surface area contributed by atoms with Crippen LogP contribution < -0.4 is 0 Å². The Kier molecular flexibility index (Phi) is 6.70. The number of hydrogen-bond acceptors (Lipinski definition) is 2. The lowest BCUT2D eigenvalue weighted by Crippen LogP contribution is -1.96. The van der Waals surface area contributed by atoms with Gasteiger partial charge in [-0.2, -0.15) is 0 Å². The fourth-order valence-electron chi connectivity index (χ4n) is 3.31. The number of phenolic OH excluding ortho intramolecular Hbond substituents is 1. The summed E-state index contributed by atoms with van der Waals surface area (Å²) in [4.78, 5) is 10.7. The highest BCUT2D eigenvalue weighted by Gasteiger charge is 2.16. The van der Waals surface area contributed by atoms with Crippen molar-refractivity contribution < 1.29 is 19.4 Å². The van der Waals surface area contributed by atoms with Gasteiger partial charge < -0.3 is 10.2 Å². The minimum Gasteiger partial charge on any atom is -0.508 e. The third kappa shape index (κ3) is 4.97. The molecule has 0 aromatic heterocycles. The van der Waals surface area contributed by atoms with Crippen LogP contribution in [0.2, 0.25) is 5.02 Å². The number of aliphatic carboxylic acids is 1. The number of phenols is 1. The van der Waals surface area contributed by atoms with Gasteiger partial charge in [-0.3, -0.25) is 0 Å². The summed E-state index contributed by atoms with van der Waals surface area (Å²) in [7, 11) is 0. The second-order valence-corrected chi connectivity index (χ2v) is 7.08. The smallest absolute Gasteiger partial charge is 0.328 e. The summed E-state index contributed by atoms with van der Waals surface area (Å²) in [6.45, 7) is 2.00. The summed E-state index contributed by atoms with van der Waals surface area (Å²) in [5, 5.41) is 18.8. The molecule has 3 nitrogen and oxygen atoms in total. The predicted molar refractivity (Wildman–Crippen MR) is 119 cm³/mol. The lowest BCUT2D eigenvalue weighted by molar-refractivity contribution is -0.131. The van der Waals surface area contributed by atoms with E-state index in [1.807, 2.05) is 43.3 Å². The van der Waals surface area contributed by atoms with Crippen molar-refractivity contribution in [1.29, 1.82) is 0 Å². The van der Waals surface area contributed by atoms with Crippen molar-refractivity contribution in [3.05, 3.63) is 106 Å². The lowest BCUT2D eigenvalue weighted by Gasteiger charge is -2.17. The molecular formula is C25H20ClFO3. The van der Waals surface area contributed by atoms with Crippen LogP contribution >= 0.6 is 11.6 Å². The maximum absolute atomic E-state index is 13.6. The van der Waals surface area contributed by atoms with Gasteiger partial charge in [0.1, 0.15) is 11.6 Å². The molecule has 3 aromatic rings.